The fourth-order valence-electron chi connectivity index (χ4n) is 3.74. The monoisotopic (exact) mass is 359 g/mol. The van der Waals surface area contributed by atoms with Crippen LogP contribution in [0.1, 0.15) is 31.2 Å². The first-order valence-corrected chi connectivity index (χ1v) is 9.62. The van der Waals surface area contributed by atoms with Crippen molar-refractivity contribution in [3.63, 3.8) is 0 Å². The summed E-state index contributed by atoms with van der Waals surface area (Å²) in [6, 6.07) is 10.2. The van der Waals surface area contributed by atoms with Crippen LogP contribution >= 0.6 is 0 Å². The van der Waals surface area contributed by atoms with E-state index in [9.17, 15) is 14.7 Å². The molecule has 6 heteroatoms. The Balaban J connectivity index is 1.55. The van der Waals surface area contributed by atoms with Crippen LogP contribution in [0, 0.1) is 0 Å². The molecule has 3 rings (SSSR count). The zero-order valence-electron chi connectivity index (χ0n) is 15.3. The van der Waals surface area contributed by atoms with Gasteiger partial charge in [0.1, 0.15) is 0 Å². The van der Waals surface area contributed by atoms with E-state index in [-0.39, 0.29) is 18.4 Å². The standard InChI is InChI=1S/C20H29N3O3/c24-18-14-21(13-17-7-3-1-4-8-17)11-12-23(15-18)20(26)16-22-10-6-2-5-9-19(22)25/h1,3-4,7-8,18,24H,2,5-6,9-16H2. The topological polar surface area (TPSA) is 64.1 Å². The average molecular weight is 359 g/mol. The summed E-state index contributed by atoms with van der Waals surface area (Å²) >= 11 is 0. The van der Waals surface area contributed by atoms with E-state index in [4.69, 9.17) is 0 Å². The Kier molecular flexibility index (Phi) is 6.63. The normalized spacial score (nSPS) is 22.8. The Morgan fingerprint density at radius 1 is 1.04 bits per heavy atom. The van der Waals surface area contributed by atoms with Crippen LogP contribution in [-0.2, 0) is 16.1 Å². The molecule has 0 saturated carbocycles. The molecule has 1 aromatic carbocycles. The summed E-state index contributed by atoms with van der Waals surface area (Å²) in [5.41, 5.74) is 1.20. The summed E-state index contributed by atoms with van der Waals surface area (Å²) in [4.78, 5) is 30.4. The van der Waals surface area contributed by atoms with Gasteiger partial charge in [0.25, 0.3) is 0 Å². The number of β-amino-alcohol motifs (C(OH)–C–C–N with tert-alkyl or cyclic N) is 1. The van der Waals surface area contributed by atoms with Gasteiger partial charge in [0, 0.05) is 45.7 Å². The summed E-state index contributed by atoms with van der Waals surface area (Å²) in [5.74, 6) is 0.0257. The van der Waals surface area contributed by atoms with Crippen molar-refractivity contribution in [2.45, 2.75) is 38.3 Å². The van der Waals surface area contributed by atoms with Gasteiger partial charge in [-0.25, -0.2) is 0 Å². The Hall–Kier alpha value is -1.92. The lowest BCUT2D eigenvalue weighted by Gasteiger charge is -2.26. The zero-order chi connectivity index (χ0) is 18.4. The van der Waals surface area contributed by atoms with Crippen LogP contribution in [0.25, 0.3) is 0 Å². The number of benzene rings is 1. The molecule has 6 nitrogen and oxygen atoms in total. The lowest BCUT2D eigenvalue weighted by Crippen LogP contribution is -2.45. The van der Waals surface area contributed by atoms with E-state index in [2.05, 4.69) is 17.0 Å². The lowest BCUT2D eigenvalue weighted by atomic mass is 10.2. The molecule has 1 N–H and O–H groups in total. The molecule has 2 heterocycles. The van der Waals surface area contributed by atoms with Crippen LogP contribution < -0.4 is 0 Å². The highest BCUT2D eigenvalue weighted by Gasteiger charge is 2.27. The lowest BCUT2D eigenvalue weighted by molar-refractivity contribution is -0.140. The van der Waals surface area contributed by atoms with Crippen molar-refractivity contribution < 1.29 is 14.7 Å². The van der Waals surface area contributed by atoms with E-state index >= 15 is 0 Å². The molecule has 2 saturated heterocycles. The molecule has 0 radical (unpaired) electrons. The number of carbonyl (C=O) groups is 2. The fraction of sp³-hybridized carbons (Fsp3) is 0.600. The zero-order valence-corrected chi connectivity index (χ0v) is 15.3. The van der Waals surface area contributed by atoms with Crippen LogP contribution in [-0.4, -0.2) is 77.0 Å². The number of likely N-dealkylation sites (tertiary alicyclic amines) is 1. The number of rotatable bonds is 4. The quantitative estimate of drug-likeness (QED) is 0.874. The molecular weight excluding hydrogens is 330 g/mol. The second kappa shape index (κ2) is 9.14. The molecule has 0 aromatic heterocycles. The third kappa shape index (κ3) is 5.29. The molecule has 1 unspecified atom stereocenters. The summed E-state index contributed by atoms with van der Waals surface area (Å²) in [6.45, 7) is 3.79. The van der Waals surface area contributed by atoms with Gasteiger partial charge >= 0.3 is 0 Å². The Bertz CT molecular complexity index is 608. The molecule has 142 valence electrons. The minimum Gasteiger partial charge on any atom is -0.390 e. The molecule has 0 spiro atoms. The van der Waals surface area contributed by atoms with Crippen molar-refractivity contribution in [2.24, 2.45) is 0 Å². The molecule has 26 heavy (non-hydrogen) atoms. The predicted octanol–water partition coefficient (Wildman–Crippen LogP) is 1.09. The number of hydrogen-bond donors (Lipinski definition) is 1. The highest BCUT2D eigenvalue weighted by Crippen LogP contribution is 2.13. The van der Waals surface area contributed by atoms with Gasteiger partial charge in [-0.1, -0.05) is 36.8 Å². The van der Waals surface area contributed by atoms with Crippen molar-refractivity contribution in [1.82, 2.24) is 14.7 Å². The molecule has 2 aliphatic rings. The van der Waals surface area contributed by atoms with Crippen molar-refractivity contribution in [2.75, 3.05) is 39.3 Å². The Labute approximate surface area is 155 Å². The second-order valence-corrected chi connectivity index (χ2v) is 7.34. The minimum atomic E-state index is -0.565. The SMILES string of the molecule is O=C1CCCCCN1CC(=O)N1CCN(Cc2ccccc2)CC(O)C1. The van der Waals surface area contributed by atoms with Gasteiger partial charge in [0.15, 0.2) is 0 Å². The van der Waals surface area contributed by atoms with E-state index < -0.39 is 6.10 Å². The van der Waals surface area contributed by atoms with E-state index in [1.807, 2.05) is 18.2 Å². The fourth-order valence-corrected chi connectivity index (χ4v) is 3.74. The highest BCUT2D eigenvalue weighted by atomic mass is 16.3. The van der Waals surface area contributed by atoms with E-state index in [0.29, 0.717) is 32.6 Å². The second-order valence-electron chi connectivity index (χ2n) is 7.34. The van der Waals surface area contributed by atoms with Crippen LogP contribution in [0.2, 0.25) is 0 Å². The first kappa shape index (κ1) is 18.9. The summed E-state index contributed by atoms with van der Waals surface area (Å²) in [7, 11) is 0. The number of aliphatic hydroxyl groups is 1. The van der Waals surface area contributed by atoms with Crippen molar-refractivity contribution in [3.8, 4) is 0 Å². The van der Waals surface area contributed by atoms with Gasteiger partial charge in [-0.2, -0.15) is 0 Å². The van der Waals surface area contributed by atoms with Crippen molar-refractivity contribution >= 4 is 11.8 Å². The van der Waals surface area contributed by atoms with Gasteiger partial charge in [-0.15, -0.1) is 0 Å². The number of amides is 2. The first-order chi connectivity index (χ1) is 12.6. The van der Waals surface area contributed by atoms with Crippen LogP contribution in [0.3, 0.4) is 0 Å². The number of nitrogens with zero attached hydrogens (tertiary/aromatic N) is 3. The summed E-state index contributed by atoms with van der Waals surface area (Å²) in [5, 5.41) is 10.3. The van der Waals surface area contributed by atoms with E-state index in [0.717, 1.165) is 32.4 Å². The van der Waals surface area contributed by atoms with Gasteiger partial charge in [0.05, 0.1) is 12.6 Å². The maximum atomic E-state index is 12.7. The molecule has 2 amide bonds. The largest absolute Gasteiger partial charge is 0.390 e. The van der Waals surface area contributed by atoms with Crippen LogP contribution in [0.15, 0.2) is 30.3 Å². The maximum Gasteiger partial charge on any atom is 0.242 e. The van der Waals surface area contributed by atoms with E-state index in [1.54, 1.807) is 9.80 Å². The number of hydrogen-bond acceptors (Lipinski definition) is 4. The maximum absolute atomic E-state index is 12.7. The Morgan fingerprint density at radius 2 is 1.85 bits per heavy atom. The van der Waals surface area contributed by atoms with Gasteiger partial charge in [-0.05, 0) is 18.4 Å². The Morgan fingerprint density at radius 3 is 2.65 bits per heavy atom. The molecule has 2 fully saturated rings. The molecule has 0 aliphatic carbocycles. The molecule has 2 aliphatic heterocycles. The van der Waals surface area contributed by atoms with Crippen molar-refractivity contribution in [1.29, 1.82) is 0 Å². The molecule has 1 aromatic rings. The van der Waals surface area contributed by atoms with Crippen LogP contribution in [0.5, 0.6) is 0 Å². The van der Waals surface area contributed by atoms with Gasteiger partial charge < -0.3 is 14.9 Å². The summed E-state index contributed by atoms with van der Waals surface area (Å²) in [6.07, 6.45) is 2.91. The average Bonchev–Trinajstić information content (AvgIpc) is 2.94. The van der Waals surface area contributed by atoms with Crippen LogP contribution in [0.4, 0.5) is 0 Å². The molecule has 1 atom stereocenters. The predicted molar refractivity (Wildman–Crippen MR) is 99.4 cm³/mol. The molecule has 0 bridgehead atoms. The first-order valence-electron chi connectivity index (χ1n) is 9.62. The third-order valence-electron chi connectivity index (χ3n) is 5.19. The third-order valence-corrected chi connectivity index (χ3v) is 5.19. The molecular formula is C20H29N3O3. The number of carbonyl (C=O) groups excluding carboxylic acids is 2. The van der Waals surface area contributed by atoms with Gasteiger partial charge in [-0.3, -0.25) is 14.5 Å². The minimum absolute atomic E-state index is 0.0548. The number of aliphatic hydroxyl groups excluding tert-OH is 1. The summed E-state index contributed by atoms with van der Waals surface area (Å²) < 4.78 is 0. The highest BCUT2D eigenvalue weighted by molar-refractivity contribution is 5.85. The van der Waals surface area contributed by atoms with E-state index in [1.165, 1.54) is 5.56 Å². The smallest absolute Gasteiger partial charge is 0.242 e. The van der Waals surface area contributed by atoms with Gasteiger partial charge in [0.2, 0.25) is 11.8 Å². The van der Waals surface area contributed by atoms with Crippen molar-refractivity contribution in [3.05, 3.63) is 35.9 Å².